The molecule has 108 valence electrons. The number of carbonyl (C=O) groups is 3. The molecule has 0 spiro atoms. The lowest BCUT2D eigenvalue weighted by Gasteiger charge is -2.11. The van der Waals surface area contributed by atoms with Gasteiger partial charge in [-0.2, -0.15) is 0 Å². The van der Waals surface area contributed by atoms with Crippen LogP contribution in [0.25, 0.3) is 0 Å². The maximum atomic E-state index is 11.8. The van der Waals surface area contributed by atoms with Crippen molar-refractivity contribution in [1.29, 1.82) is 0 Å². The first-order chi connectivity index (χ1) is 9.32. The fourth-order valence-corrected chi connectivity index (χ4v) is 1.46. The molecule has 0 saturated carbocycles. The number of rotatable bonds is 5. The quantitative estimate of drug-likeness (QED) is 0.835. The van der Waals surface area contributed by atoms with Gasteiger partial charge < -0.3 is 15.3 Å². The summed E-state index contributed by atoms with van der Waals surface area (Å²) in [6.45, 7) is 1.58. The highest BCUT2D eigenvalue weighted by Gasteiger charge is 2.14. The van der Waals surface area contributed by atoms with Crippen molar-refractivity contribution in [3.63, 3.8) is 0 Å². The maximum absolute atomic E-state index is 11.8. The summed E-state index contributed by atoms with van der Waals surface area (Å²) in [5, 5.41) is 11.3. The average Bonchev–Trinajstić information content (AvgIpc) is 2.43. The first-order valence-corrected chi connectivity index (χ1v) is 6.15. The number of nitrogens with zero attached hydrogens (tertiary/aromatic N) is 1. The van der Waals surface area contributed by atoms with E-state index in [0.717, 1.165) is 0 Å². The largest absolute Gasteiger partial charge is 0.481 e. The van der Waals surface area contributed by atoms with E-state index in [9.17, 15) is 14.4 Å². The lowest BCUT2D eigenvalue weighted by atomic mass is 10.1. The molecule has 0 radical (unpaired) electrons. The van der Waals surface area contributed by atoms with Crippen LogP contribution in [-0.2, 0) is 4.79 Å². The van der Waals surface area contributed by atoms with Gasteiger partial charge in [0.25, 0.3) is 11.8 Å². The highest BCUT2D eigenvalue weighted by Crippen LogP contribution is 2.06. The molecule has 1 rings (SSSR count). The Morgan fingerprint density at radius 2 is 1.65 bits per heavy atom. The summed E-state index contributed by atoms with van der Waals surface area (Å²) in [6.07, 6.45) is 0. The van der Waals surface area contributed by atoms with Crippen LogP contribution in [0.5, 0.6) is 0 Å². The van der Waals surface area contributed by atoms with Crippen molar-refractivity contribution < 1.29 is 19.5 Å². The molecule has 6 nitrogen and oxygen atoms in total. The van der Waals surface area contributed by atoms with Crippen molar-refractivity contribution in [2.45, 2.75) is 6.92 Å². The first kappa shape index (κ1) is 15.7. The Kier molecular flexibility index (Phi) is 5.25. The topological polar surface area (TPSA) is 86.7 Å². The van der Waals surface area contributed by atoms with Crippen LogP contribution in [0.1, 0.15) is 27.6 Å². The van der Waals surface area contributed by atoms with E-state index in [-0.39, 0.29) is 18.4 Å². The molecule has 0 aromatic heterocycles. The van der Waals surface area contributed by atoms with Crippen molar-refractivity contribution in [3.05, 3.63) is 35.4 Å². The van der Waals surface area contributed by atoms with Gasteiger partial charge >= 0.3 is 5.97 Å². The minimum absolute atomic E-state index is 0.0621. The second-order valence-corrected chi connectivity index (χ2v) is 4.73. The first-order valence-electron chi connectivity index (χ1n) is 6.15. The monoisotopic (exact) mass is 278 g/mol. The summed E-state index contributed by atoms with van der Waals surface area (Å²) in [5.74, 6) is -2.11. The van der Waals surface area contributed by atoms with E-state index in [1.54, 1.807) is 26.2 Å². The molecular weight excluding hydrogens is 260 g/mol. The zero-order valence-electron chi connectivity index (χ0n) is 11.7. The van der Waals surface area contributed by atoms with Gasteiger partial charge in [0.05, 0.1) is 5.92 Å². The Hall–Kier alpha value is -2.37. The van der Waals surface area contributed by atoms with Crippen LogP contribution in [0.4, 0.5) is 0 Å². The predicted molar refractivity (Wildman–Crippen MR) is 73.6 cm³/mol. The van der Waals surface area contributed by atoms with Gasteiger partial charge in [-0.15, -0.1) is 0 Å². The van der Waals surface area contributed by atoms with Crippen LogP contribution in [0.3, 0.4) is 0 Å². The second kappa shape index (κ2) is 6.70. The average molecular weight is 278 g/mol. The predicted octanol–water partition coefficient (Wildman–Crippen LogP) is 0.839. The number of amides is 2. The minimum atomic E-state index is -0.961. The third kappa shape index (κ3) is 4.08. The standard InChI is InChI=1S/C14H18N2O4/c1-9(14(19)20)8-15-12(17)10-4-6-11(7-5-10)13(18)16(2)3/h4-7,9H,8H2,1-3H3,(H,15,17)(H,19,20). The van der Waals surface area contributed by atoms with Crippen molar-refractivity contribution >= 4 is 17.8 Å². The number of hydrogen-bond donors (Lipinski definition) is 2. The van der Waals surface area contributed by atoms with Gasteiger partial charge in [0.15, 0.2) is 0 Å². The lowest BCUT2D eigenvalue weighted by molar-refractivity contribution is -0.140. The van der Waals surface area contributed by atoms with E-state index < -0.39 is 11.9 Å². The Labute approximate surface area is 117 Å². The second-order valence-electron chi connectivity index (χ2n) is 4.73. The van der Waals surface area contributed by atoms with Crippen LogP contribution in [-0.4, -0.2) is 48.4 Å². The Morgan fingerprint density at radius 3 is 2.10 bits per heavy atom. The molecule has 20 heavy (non-hydrogen) atoms. The van der Waals surface area contributed by atoms with Gasteiger partial charge in [-0.3, -0.25) is 14.4 Å². The molecule has 0 bridgehead atoms. The highest BCUT2D eigenvalue weighted by molar-refractivity contribution is 5.97. The van der Waals surface area contributed by atoms with E-state index in [0.29, 0.717) is 11.1 Å². The summed E-state index contributed by atoms with van der Waals surface area (Å²) in [4.78, 5) is 35.5. The Balaban J connectivity index is 2.67. The molecule has 6 heteroatoms. The molecule has 1 atom stereocenters. The maximum Gasteiger partial charge on any atom is 0.308 e. The van der Waals surface area contributed by atoms with Crippen LogP contribution in [0.2, 0.25) is 0 Å². The van der Waals surface area contributed by atoms with Crippen molar-refractivity contribution in [2.75, 3.05) is 20.6 Å². The van der Waals surface area contributed by atoms with E-state index in [2.05, 4.69) is 5.32 Å². The smallest absolute Gasteiger partial charge is 0.308 e. The SMILES string of the molecule is CC(CNC(=O)c1ccc(C(=O)N(C)C)cc1)C(=O)O. The summed E-state index contributed by atoms with van der Waals surface area (Å²) in [5.41, 5.74) is 0.878. The number of aliphatic carboxylic acids is 1. The van der Waals surface area contributed by atoms with E-state index in [1.807, 2.05) is 0 Å². The molecule has 0 aliphatic heterocycles. The summed E-state index contributed by atoms with van der Waals surface area (Å²) >= 11 is 0. The molecule has 2 N–H and O–H groups in total. The molecular formula is C14H18N2O4. The summed E-state index contributed by atoms with van der Waals surface area (Å²) < 4.78 is 0. The van der Waals surface area contributed by atoms with Crippen LogP contribution < -0.4 is 5.32 Å². The molecule has 0 saturated heterocycles. The molecule has 0 aliphatic carbocycles. The Morgan fingerprint density at radius 1 is 1.15 bits per heavy atom. The minimum Gasteiger partial charge on any atom is -0.481 e. The van der Waals surface area contributed by atoms with Crippen LogP contribution >= 0.6 is 0 Å². The summed E-state index contributed by atoms with van der Waals surface area (Å²) in [6, 6.07) is 6.21. The number of nitrogens with one attached hydrogen (secondary N) is 1. The van der Waals surface area contributed by atoms with Crippen molar-refractivity contribution in [2.24, 2.45) is 5.92 Å². The molecule has 2 amide bonds. The Bertz CT molecular complexity index is 508. The number of carbonyl (C=O) groups excluding carboxylic acids is 2. The van der Waals surface area contributed by atoms with E-state index in [1.165, 1.54) is 24.0 Å². The molecule has 1 aromatic carbocycles. The number of hydrogen-bond acceptors (Lipinski definition) is 3. The molecule has 0 aliphatic rings. The number of carboxylic acid groups (broad SMARTS) is 1. The molecule has 1 unspecified atom stereocenters. The molecule has 0 heterocycles. The third-order valence-electron chi connectivity index (χ3n) is 2.79. The lowest BCUT2D eigenvalue weighted by Crippen LogP contribution is -2.31. The van der Waals surface area contributed by atoms with Gasteiger partial charge in [-0.1, -0.05) is 6.92 Å². The van der Waals surface area contributed by atoms with E-state index >= 15 is 0 Å². The van der Waals surface area contributed by atoms with Gasteiger partial charge in [-0.05, 0) is 24.3 Å². The van der Waals surface area contributed by atoms with Crippen LogP contribution in [0.15, 0.2) is 24.3 Å². The number of carboxylic acids is 1. The number of benzene rings is 1. The zero-order chi connectivity index (χ0) is 15.3. The molecule has 1 aromatic rings. The van der Waals surface area contributed by atoms with Gasteiger partial charge in [0, 0.05) is 31.8 Å². The summed E-state index contributed by atoms with van der Waals surface area (Å²) in [7, 11) is 3.30. The van der Waals surface area contributed by atoms with Crippen LogP contribution in [0, 0.1) is 5.92 Å². The normalized spacial score (nSPS) is 11.6. The highest BCUT2D eigenvalue weighted by atomic mass is 16.4. The fraction of sp³-hybridized carbons (Fsp3) is 0.357. The fourth-order valence-electron chi connectivity index (χ4n) is 1.46. The zero-order valence-corrected chi connectivity index (χ0v) is 11.7. The van der Waals surface area contributed by atoms with Crippen molar-refractivity contribution in [1.82, 2.24) is 10.2 Å². The van der Waals surface area contributed by atoms with Crippen molar-refractivity contribution in [3.8, 4) is 0 Å². The van der Waals surface area contributed by atoms with Gasteiger partial charge in [0.2, 0.25) is 0 Å². The van der Waals surface area contributed by atoms with Gasteiger partial charge in [-0.25, -0.2) is 0 Å². The third-order valence-corrected chi connectivity index (χ3v) is 2.79. The van der Waals surface area contributed by atoms with E-state index in [4.69, 9.17) is 5.11 Å². The van der Waals surface area contributed by atoms with Gasteiger partial charge in [0.1, 0.15) is 0 Å². The molecule has 0 fully saturated rings.